The van der Waals surface area contributed by atoms with E-state index in [9.17, 15) is 14.7 Å². The van der Waals surface area contributed by atoms with Crippen LogP contribution in [0.5, 0.6) is 0 Å². The van der Waals surface area contributed by atoms with E-state index in [1.54, 1.807) is 28.8 Å². The molecule has 3 rings (SSSR count). The first-order valence-corrected chi connectivity index (χ1v) is 9.67. The number of hydrogen-bond donors (Lipinski definition) is 1. The summed E-state index contributed by atoms with van der Waals surface area (Å²) in [5.74, 6) is 2.26. The van der Waals surface area contributed by atoms with Crippen molar-refractivity contribution in [2.45, 2.75) is 32.4 Å². The maximum atomic E-state index is 12.8. The molecule has 152 valence electrons. The van der Waals surface area contributed by atoms with E-state index in [0.717, 1.165) is 17.5 Å². The van der Waals surface area contributed by atoms with Gasteiger partial charge in [0.1, 0.15) is 5.82 Å². The Hall–Kier alpha value is -3.85. The molecule has 3 aromatic rings. The van der Waals surface area contributed by atoms with E-state index >= 15 is 0 Å². The Morgan fingerprint density at radius 2 is 1.93 bits per heavy atom. The third-order valence-corrected chi connectivity index (χ3v) is 4.80. The van der Waals surface area contributed by atoms with Crippen LogP contribution in [0.15, 0.2) is 66.0 Å². The zero-order valence-corrected chi connectivity index (χ0v) is 16.6. The second-order valence-corrected chi connectivity index (χ2v) is 6.84. The molecule has 0 fully saturated rings. The first kappa shape index (κ1) is 20.9. The van der Waals surface area contributed by atoms with Crippen LogP contribution in [0.4, 0.5) is 0 Å². The topological polar surface area (TPSA) is 77.1 Å². The lowest BCUT2D eigenvalue weighted by Crippen LogP contribution is -2.26. The molecular formula is C24H23N3O3. The predicted molar refractivity (Wildman–Crippen MR) is 116 cm³/mol. The summed E-state index contributed by atoms with van der Waals surface area (Å²) < 4.78 is 3.07. The van der Waals surface area contributed by atoms with Crippen LogP contribution in [0.25, 0.3) is 11.1 Å². The molecule has 30 heavy (non-hydrogen) atoms. The van der Waals surface area contributed by atoms with Crippen molar-refractivity contribution >= 4 is 5.97 Å². The van der Waals surface area contributed by atoms with Gasteiger partial charge in [0.25, 0.3) is 0 Å². The van der Waals surface area contributed by atoms with E-state index in [-0.39, 0.29) is 11.3 Å². The van der Waals surface area contributed by atoms with Crippen molar-refractivity contribution in [1.82, 2.24) is 14.3 Å². The van der Waals surface area contributed by atoms with Crippen LogP contribution in [-0.4, -0.2) is 25.4 Å². The molecule has 1 aromatic heterocycles. The quantitative estimate of drug-likeness (QED) is 0.439. The molecule has 0 radical (unpaired) electrons. The van der Waals surface area contributed by atoms with Crippen molar-refractivity contribution < 1.29 is 9.90 Å². The Kier molecular flexibility index (Phi) is 6.66. The van der Waals surface area contributed by atoms with Crippen LogP contribution in [0.1, 0.15) is 34.6 Å². The first-order chi connectivity index (χ1) is 14.5. The lowest BCUT2D eigenvalue weighted by molar-refractivity contribution is 0.0697. The Morgan fingerprint density at radius 1 is 1.20 bits per heavy atom. The maximum Gasteiger partial charge on any atom is 0.346 e. The van der Waals surface area contributed by atoms with Crippen molar-refractivity contribution in [2.24, 2.45) is 0 Å². The molecule has 1 N–H and O–H groups in total. The van der Waals surface area contributed by atoms with E-state index in [1.807, 2.05) is 30.3 Å². The molecule has 0 aliphatic heterocycles. The number of carboxylic acids is 1. The average molecular weight is 401 g/mol. The zero-order valence-electron chi connectivity index (χ0n) is 16.6. The second kappa shape index (κ2) is 9.57. The summed E-state index contributed by atoms with van der Waals surface area (Å²) in [5, 5.41) is 13.8. The number of carboxylic acid groups (broad SMARTS) is 1. The van der Waals surface area contributed by atoms with Crippen LogP contribution in [0.2, 0.25) is 0 Å². The van der Waals surface area contributed by atoms with Gasteiger partial charge in [-0.05, 0) is 29.2 Å². The third kappa shape index (κ3) is 4.58. The van der Waals surface area contributed by atoms with Gasteiger partial charge >= 0.3 is 11.7 Å². The number of aromatic carboxylic acids is 1. The Balaban J connectivity index is 1.89. The molecule has 0 spiro atoms. The molecular weight excluding hydrogens is 378 g/mol. The number of hydrogen-bond acceptors (Lipinski definition) is 3. The Morgan fingerprint density at radius 3 is 2.60 bits per heavy atom. The van der Waals surface area contributed by atoms with Gasteiger partial charge in [0.2, 0.25) is 0 Å². The lowest BCUT2D eigenvalue weighted by Gasteiger charge is -2.09. The molecule has 0 saturated carbocycles. The van der Waals surface area contributed by atoms with E-state index in [1.165, 1.54) is 4.68 Å². The predicted octanol–water partition coefficient (Wildman–Crippen LogP) is 3.60. The van der Waals surface area contributed by atoms with Crippen molar-refractivity contribution in [3.63, 3.8) is 0 Å². The molecule has 0 aliphatic carbocycles. The highest BCUT2D eigenvalue weighted by atomic mass is 16.4. The summed E-state index contributed by atoms with van der Waals surface area (Å²) in [6.07, 6.45) is 8.89. The first-order valence-electron chi connectivity index (χ1n) is 9.67. The summed E-state index contributed by atoms with van der Waals surface area (Å²) in [6.45, 7) is 4.50. The number of carbonyl (C=O) groups is 1. The van der Waals surface area contributed by atoms with Crippen LogP contribution >= 0.6 is 0 Å². The van der Waals surface area contributed by atoms with Gasteiger partial charge in [-0.1, -0.05) is 48.5 Å². The number of benzene rings is 2. The standard InChI is InChI=1S/C24H23N3O3/c1-3-5-11-22-25-27(16-6-4-2)24(30)26(22)17-18-12-14-19(15-13-18)20-9-7-8-10-21(20)23(28)29/h2-3,7-10,12-15H,1,5-6,11,16-17H2,(H,28,29). The number of aryl methyl sites for hydroxylation is 2. The lowest BCUT2D eigenvalue weighted by atomic mass is 9.99. The van der Waals surface area contributed by atoms with E-state index in [2.05, 4.69) is 17.6 Å². The highest BCUT2D eigenvalue weighted by Crippen LogP contribution is 2.24. The molecule has 0 amide bonds. The maximum absolute atomic E-state index is 12.8. The summed E-state index contributed by atoms with van der Waals surface area (Å²) in [6, 6.07) is 14.4. The second-order valence-electron chi connectivity index (χ2n) is 6.84. The fourth-order valence-corrected chi connectivity index (χ4v) is 3.27. The monoisotopic (exact) mass is 401 g/mol. The summed E-state index contributed by atoms with van der Waals surface area (Å²) in [7, 11) is 0. The smallest absolute Gasteiger partial charge is 0.346 e. The minimum Gasteiger partial charge on any atom is -0.478 e. The highest BCUT2D eigenvalue weighted by molar-refractivity contribution is 5.95. The fraction of sp³-hybridized carbons (Fsp3) is 0.208. The number of terminal acetylenes is 1. The Bertz CT molecular complexity index is 1150. The molecule has 0 atom stereocenters. The van der Waals surface area contributed by atoms with E-state index in [0.29, 0.717) is 37.3 Å². The van der Waals surface area contributed by atoms with Crippen LogP contribution in [-0.2, 0) is 19.5 Å². The summed E-state index contributed by atoms with van der Waals surface area (Å²) in [5.41, 5.74) is 2.45. The number of aromatic nitrogens is 3. The van der Waals surface area contributed by atoms with Gasteiger partial charge < -0.3 is 5.11 Å². The van der Waals surface area contributed by atoms with Gasteiger partial charge in [-0.2, -0.15) is 5.10 Å². The minimum absolute atomic E-state index is 0.190. The normalized spacial score (nSPS) is 10.5. The largest absolute Gasteiger partial charge is 0.478 e. The number of rotatable bonds is 9. The van der Waals surface area contributed by atoms with Gasteiger partial charge in [0.15, 0.2) is 0 Å². The molecule has 0 saturated heterocycles. The number of nitrogens with zero attached hydrogens (tertiary/aromatic N) is 3. The van der Waals surface area contributed by atoms with Crippen molar-refractivity contribution in [2.75, 3.05) is 0 Å². The average Bonchev–Trinajstić information content (AvgIpc) is 3.05. The molecule has 2 aromatic carbocycles. The van der Waals surface area contributed by atoms with Crippen molar-refractivity contribution in [3.8, 4) is 23.5 Å². The van der Waals surface area contributed by atoms with E-state index in [4.69, 9.17) is 6.42 Å². The van der Waals surface area contributed by atoms with Gasteiger partial charge in [-0.15, -0.1) is 18.9 Å². The third-order valence-electron chi connectivity index (χ3n) is 4.80. The number of allylic oxidation sites excluding steroid dienone is 1. The molecule has 0 aliphatic rings. The zero-order chi connectivity index (χ0) is 21.5. The SMILES string of the molecule is C#CCCn1nc(CCC=C)n(Cc2ccc(-c3ccccc3C(=O)O)cc2)c1=O. The van der Waals surface area contributed by atoms with Crippen LogP contribution in [0, 0.1) is 12.3 Å². The Labute approximate surface area is 175 Å². The van der Waals surface area contributed by atoms with Gasteiger partial charge in [0.05, 0.1) is 18.7 Å². The molecule has 0 unspecified atom stereocenters. The fourth-order valence-electron chi connectivity index (χ4n) is 3.27. The van der Waals surface area contributed by atoms with E-state index < -0.39 is 5.97 Å². The van der Waals surface area contributed by atoms with Gasteiger partial charge in [-0.25, -0.2) is 14.3 Å². The summed E-state index contributed by atoms with van der Waals surface area (Å²) >= 11 is 0. The van der Waals surface area contributed by atoms with Crippen molar-refractivity contribution in [1.29, 1.82) is 0 Å². The van der Waals surface area contributed by atoms with Gasteiger partial charge in [0, 0.05) is 12.8 Å². The molecule has 1 heterocycles. The van der Waals surface area contributed by atoms with Gasteiger partial charge in [-0.3, -0.25) is 4.57 Å². The highest BCUT2D eigenvalue weighted by Gasteiger charge is 2.14. The summed E-state index contributed by atoms with van der Waals surface area (Å²) in [4.78, 5) is 24.3. The molecule has 6 heteroatoms. The van der Waals surface area contributed by atoms with Crippen LogP contribution < -0.4 is 5.69 Å². The van der Waals surface area contributed by atoms with Crippen LogP contribution in [0.3, 0.4) is 0 Å². The van der Waals surface area contributed by atoms with Crippen molar-refractivity contribution in [3.05, 3.63) is 88.6 Å². The molecule has 6 nitrogen and oxygen atoms in total. The minimum atomic E-state index is -0.965. The molecule has 0 bridgehead atoms.